The topological polar surface area (TPSA) is 3.88 Å². The molecule has 4 rings (SSSR count). The van der Waals surface area contributed by atoms with E-state index in [0.29, 0.717) is 0 Å². The van der Waals surface area contributed by atoms with Crippen molar-refractivity contribution in [3.63, 3.8) is 0 Å². The van der Waals surface area contributed by atoms with E-state index in [0.717, 1.165) is 6.42 Å². The second-order valence-corrected chi connectivity index (χ2v) is 7.66. The van der Waals surface area contributed by atoms with Gasteiger partial charge >= 0.3 is 0 Å². The molecule has 1 nitrogen and oxygen atoms in total. The Kier molecular flexibility index (Phi) is 3.57. The van der Waals surface area contributed by atoms with Crippen LogP contribution < -0.4 is 4.57 Å². The summed E-state index contributed by atoms with van der Waals surface area (Å²) in [7, 11) is 2.17. The van der Waals surface area contributed by atoms with Crippen LogP contribution in [0.2, 0.25) is 0 Å². The summed E-state index contributed by atoms with van der Waals surface area (Å²) < 4.78 is 2.29. The van der Waals surface area contributed by atoms with Crippen LogP contribution in [-0.2, 0) is 13.5 Å². The molecule has 0 radical (unpaired) electrons. The van der Waals surface area contributed by atoms with Gasteiger partial charge in [0.05, 0.1) is 5.56 Å². The molecular weight excluding hydrogens is 302 g/mol. The van der Waals surface area contributed by atoms with Crippen molar-refractivity contribution < 1.29 is 4.57 Å². The van der Waals surface area contributed by atoms with Crippen LogP contribution in [0.1, 0.15) is 38.9 Å². The molecule has 1 aliphatic rings. The zero-order chi connectivity index (χ0) is 17.9. The van der Waals surface area contributed by atoms with E-state index in [-0.39, 0.29) is 0 Å². The van der Waals surface area contributed by atoms with E-state index in [1.165, 1.54) is 61.3 Å². The highest BCUT2D eigenvalue weighted by Crippen LogP contribution is 2.45. The van der Waals surface area contributed by atoms with E-state index in [1.807, 2.05) is 0 Å². The Morgan fingerprint density at radius 1 is 0.720 bits per heavy atom. The summed E-state index contributed by atoms with van der Waals surface area (Å²) in [5.74, 6) is 0. The molecule has 0 unspecified atom stereocenters. The summed E-state index contributed by atoms with van der Waals surface area (Å²) in [6.07, 6.45) is 3.29. The van der Waals surface area contributed by atoms with E-state index < -0.39 is 0 Å². The molecule has 0 N–H and O–H groups in total. The largest absolute Gasteiger partial charge is 0.213 e. The lowest BCUT2D eigenvalue weighted by Crippen LogP contribution is -2.32. The van der Waals surface area contributed by atoms with Gasteiger partial charge in [-0.2, -0.15) is 0 Å². The van der Waals surface area contributed by atoms with Crippen molar-refractivity contribution in [2.24, 2.45) is 7.05 Å². The fourth-order valence-electron chi connectivity index (χ4n) is 4.51. The molecule has 0 fully saturated rings. The molecule has 3 aromatic rings. The van der Waals surface area contributed by atoms with Gasteiger partial charge in [0.1, 0.15) is 7.05 Å². The molecule has 0 saturated carbocycles. The van der Waals surface area contributed by atoms with Crippen molar-refractivity contribution >= 4 is 0 Å². The zero-order valence-corrected chi connectivity index (χ0v) is 16.1. The lowest BCUT2D eigenvalue weighted by Gasteiger charge is -2.15. The molecule has 1 heteroatoms. The zero-order valence-electron chi connectivity index (χ0n) is 16.1. The predicted octanol–water partition coefficient (Wildman–Crippen LogP) is 5.29. The molecule has 126 valence electrons. The Morgan fingerprint density at radius 3 is 2.20 bits per heavy atom. The number of aromatic nitrogens is 1. The minimum atomic E-state index is 1.04. The third-order valence-electron chi connectivity index (χ3n) is 5.80. The van der Waals surface area contributed by atoms with Crippen molar-refractivity contribution in [3.8, 4) is 22.4 Å². The van der Waals surface area contributed by atoms with Crippen LogP contribution in [0.3, 0.4) is 0 Å². The van der Waals surface area contributed by atoms with E-state index in [2.05, 4.69) is 82.8 Å². The molecule has 25 heavy (non-hydrogen) atoms. The number of hydrogen-bond donors (Lipinski definition) is 0. The summed E-state index contributed by atoms with van der Waals surface area (Å²) in [5, 5.41) is 0. The lowest BCUT2D eigenvalue weighted by molar-refractivity contribution is -0.660. The summed E-state index contributed by atoms with van der Waals surface area (Å²) in [4.78, 5) is 0. The first-order chi connectivity index (χ1) is 11.9. The molecule has 2 aromatic carbocycles. The summed E-state index contributed by atoms with van der Waals surface area (Å²) in [5.41, 5.74) is 15.5. The number of nitrogens with zero attached hydrogens (tertiary/aromatic N) is 1. The van der Waals surface area contributed by atoms with E-state index in [1.54, 1.807) is 0 Å². The third kappa shape index (κ3) is 2.33. The van der Waals surface area contributed by atoms with Crippen molar-refractivity contribution in [2.45, 2.75) is 41.0 Å². The average molecular weight is 328 g/mol. The first-order valence-corrected chi connectivity index (χ1v) is 9.07. The fourth-order valence-corrected chi connectivity index (χ4v) is 4.51. The summed E-state index contributed by atoms with van der Waals surface area (Å²) >= 11 is 0. The minimum absolute atomic E-state index is 1.04. The van der Waals surface area contributed by atoms with Gasteiger partial charge < -0.3 is 0 Å². The Morgan fingerprint density at radius 2 is 1.44 bits per heavy atom. The quantitative estimate of drug-likeness (QED) is 0.418. The molecule has 0 amide bonds. The number of pyridine rings is 1. The van der Waals surface area contributed by atoms with Crippen molar-refractivity contribution in [2.75, 3.05) is 0 Å². The Labute approximate surface area is 151 Å². The van der Waals surface area contributed by atoms with Gasteiger partial charge in [-0.3, -0.25) is 0 Å². The van der Waals surface area contributed by atoms with E-state index >= 15 is 0 Å². The Balaban J connectivity index is 2.07. The normalized spacial score (nSPS) is 12.2. The maximum Gasteiger partial charge on any atom is 0.213 e. The standard InChI is InChI=1S/C24H26N/c1-14-8-7-9-19-12-20-23(16(3)10-17(4)24(20)22(14)19)21-11-15(2)18(5)13-25(21)6/h7-11,13H,12H2,1-6H3/q+1. The van der Waals surface area contributed by atoms with E-state index in [4.69, 9.17) is 0 Å². The van der Waals surface area contributed by atoms with Crippen LogP contribution in [0.25, 0.3) is 22.4 Å². The molecule has 0 spiro atoms. The average Bonchev–Trinajstić information content (AvgIpc) is 2.93. The second-order valence-electron chi connectivity index (χ2n) is 7.66. The van der Waals surface area contributed by atoms with E-state index in [9.17, 15) is 0 Å². The van der Waals surface area contributed by atoms with Gasteiger partial charge in [-0.15, -0.1) is 0 Å². The smallest absolute Gasteiger partial charge is 0.201 e. The molecule has 0 atom stereocenters. The minimum Gasteiger partial charge on any atom is -0.201 e. The van der Waals surface area contributed by atoms with Crippen molar-refractivity contribution in [3.05, 3.63) is 75.5 Å². The first-order valence-electron chi connectivity index (χ1n) is 9.07. The van der Waals surface area contributed by atoms with Crippen molar-refractivity contribution in [1.82, 2.24) is 0 Å². The Hall–Kier alpha value is -2.41. The molecule has 0 saturated heterocycles. The SMILES string of the molecule is Cc1cc(-c2c(C)cc(C)c3c2Cc2cccc(C)c2-3)[n+](C)cc1C. The number of benzene rings is 2. The van der Waals surface area contributed by atoms with Crippen molar-refractivity contribution in [1.29, 1.82) is 0 Å². The highest BCUT2D eigenvalue weighted by atomic mass is 14.9. The maximum absolute atomic E-state index is 2.37. The number of rotatable bonds is 1. The van der Waals surface area contributed by atoms with Crippen LogP contribution in [0, 0.1) is 34.6 Å². The van der Waals surface area contributed by atoms with Crippen LogP contribution in [0.5, 0.6) is 0 Å². The number of aryl methyl sites for hydroxylation is 6. The Bertz CT molecular complexity index is 1020. The summed E-state index contributed by atoms with van der Waals surface area (Å²) in [6, 6.07) is 11.4. The highest BCUT2D eigenvalue weighted by Gasteiger charge is 2.29. The van der Waals surface area contributed by atoms with Crippen LogP contribution in [0.4, 0.5) is 0 Å². The van der Waals surface area contributed by atoms with Crippen LogP contribution in [0.15, 0.2) is 36.5 Å². The van der Waals surface area contributed by atoms with Gasteiger partial charge in [-0.25, -0.2) is 4.57 Å². The first kappa shape index (κ1) is 16.1. The molecule has 1 heterocycles. The highest BCUT2D eigenvalue weighted by molar-refractivity contribution is 5.88. The predicted molar refractivity (Wildman–Crippen MR) is 105 cm³/mol. The maximum atomic E-state index is 2.37. The lowest BCUT2D eigenvalue weighted by atomic mass is 9.89. The fraction of sp³-hybridized carbons (Fsp3) is 0.292. The van der Waals surface area contributed by atoms with Gasteiger partial charge in [0.25, 0.3) is 0 Å². The third-order valence-corrected chi connectivity index (χ3v) is 5.80. The summed E-state index contributed by atoms with van der Waals surface area (Å²) in [6.45, 7) is 11.2. The monoisotopic (exact) mass is 328 g/mol. The molecule has 1 aromatic heterocycles. The van der Waals surface area contributed by atoms with Gasteiger partial charge in [0.15, 0.2) is 6.20 Å². The second kappa shape index (κ2) is 5.56. The number of fused-ring (bicyclic) bond motifs is 3. The van der Waals surface area contributed by atoms with Gasteiger partial charge in [-0.05, 0) is 85.5 Å². The van der Waals surface area contributed by atoms with Gasteiger partial charge in [0, 0.05) is 11.6 Å². The molecule has 1 aliphatic carbocycles. The van der Waals surface area contributed by atoms with Crippen LogP contribution >= 0.6 is 0 Å². The van der Waals surface area contributed by atoms with Crippen LogP contribution in [-0.4, -0.2) is 0 Å². The molecule has 0 aliphatic heterocycles. The number of hydrogen-bond acceptors (Lipinski definition) is 0. The van der Waals surface area contributed by atoms with Gasteiger partial charge in [-0.1, -0.05) is 24.3 Å². The van der Waals surface area contributed by atoms with Gasteiger partial charge in [0.2, 0.25) is 5.69 Å². The molecular formula is C24H26N+. The molecule has 0 bridgehead atoms.